The van der Waals surface area contributed by atoms with Gasteiger partial charge in [0.15, 0.2) is 5.96 Å². The summed E-state index contributed by atoms with van der Waals surface area (Å²) in [6, 6.07) is 16.1. The van der Waals surface area contributed by atoms with Gasteiger partial charge < -0.3 is 15.4 Å². The van der Waals surface area contributed by atoms with Gasteiger partial charge in [-0.2, -0.15) is 5.10 Å². The maximum Gasteiger partial charge on any atom is 0.191 e. The summed E-state index contributed by atoms with van der Waals surface area (Å²) in [6.45, 7) is 4.07. The highest BCUT2D eigenvalue weighted by atomic mass is 127. The zero-order chi connectivity index (χ0) is 18.9. The van der Waals surface area contributed by atoms with Gasteiger partial charge in [0.2, 0.25) is 0 Å². The van der Waals surface area contributed by atoms with E-state index in [1.54, 1.807) is 18.1 Å². The Morgan fingerprint density at radius 1 is 1.11 bits per heavy atom. The minimum atomic E-state index is 0. The molecule has 0 spiro atoms. The Balaban J connectivity index is 0.00000280. The first-order valence-electron chi connectivity index (χ1n) is 8.88. The van der Waals surface area contributed by atoms with Crippen molar-refractivity contribution in [3.63, 3.8) is 0 Å². The molecule has 0 amide bonds. The monoisotopic (exact) mass is 492 g/mol. The van der Waals surface area contributed by atoms with E-state index in [4.69, 9.17) is 4.74 Å². The Hall–Kier alpha value is -2.62. The van der Waals surface area contributed by atoms with Crippen molar-refractivity contribution < 1.29 is 4.74 Å². The first-order valence-corrected chi connectivity index (χ1v) is 8.88. The second-order valence-corrected chi connectivity index (χ2v) is 5.87. The van der Waals surface area contributed by atoms with E-state index < -0.39 is 0 Å². The predicted octanol–water partition coefficient (Wildman–Crippen LogP) is 3.15. The lowest BCUT2D eigenvalue weighted by molar-refractivity contribution is 0.409. The molecule has 2 aromatic carbocycles. The van der Waals surface area contributed by atoms with Crippen LogP contribution < -0.4 is 15.4 Å². The number of guanidine groups is 1. The Morgan fingerprint density at radius 2 is 1.89 bits per heavy atom. The van der Waals surface area contributed by atoms with Crippen LogP contribution >= 0.6 is 24.0 Å². The van der Waals surface area contributed by atoms with Crippen molar-refractivity contribution in [1.82, 2.24) is 25.4 Å². The van der Waals surface area contributed by atoms with Crippen molar-refractivity contribution >= 4 is 29.9 Å². The van der Waals surface area contributed by atoms with Gasteiger partial charge in [-0.15, -0.1) is 24.0 Å². The lowest BCUT2D eigenvalue weighted by Crippen LogP contribution is -2.36. The number of halogens is 1. The highest BCUT2D eigenvalue weighted by molar-refractivity contribution is 14.0. The van der Waals surface area contributed by atoms with Crippen LogP contribution in [0, 0.1) is 0 Å². The van der Waals surface area contributed by atoms with Crippen molar-refractivity contribution in [1.29, 1.82) is 0 Å². The minimum Gasteiger partial charge on any atom is -0.496 e. The number of nitrogens with one attached hydrogen (secondary N) is 2. The van der Waals surface area contributed by atoms with E-state index in [0.29, 0.717) is 13.1 Å². The van der Waals surface area contributed by atoms with Gasteiger partial charge in [-0.25, -0.2) is 14.7 Å². The van der Waals surface area contributed by atoms with Gasteiger partial charge in [-0.1, -0.05) is 30.3 Å². The number of hydrogen-bond donors (Lipinski definition) is 2. The largest absolute Gasteiger partial charge is 0.496 e. The molecule has 0 bridgehead atoms. The molecule has 7 nitrogen and oxygen atoms in total. The van der Waals surface area contributed by atoms with Crippen molar-refractivity contribution in [2.75, 3.05) is 13.7 Å². The van der Waals surface area contributed by atoms with Crippen LogP contribution in [0.4, 0.5) is 0 Å². The molecule has 0 fully saturated rings. The predicted molar refractivity (Wildman–Crippen MR) is 121 cm³/mol. The van der Waals surface area contributed by atoms with Gasteiger partial charge >= 0.3 is 0 Å². The van der Waals surface area contributed by atoms with Crippen LogP contribution in [0.1, 0.15) is 18.1 Å². The summed E-state index contributed by atoms with van der Waals surface area (Å²) in [7, 11) is 1.68. The zero-order valence-corrected chi connectivity index (χ0v) is 18.3. The number of hydrogen-bond acceptors (Lipinski definition) is 4. The molecule has 0 aliphatic carbocycles. The van der Waals surface area contributed by atoms with E-state index in [1.807, 2.05) is 55.5 Å². The molecule has 0 saturated carbocycles. The lowest BCUT2D eigenvalue weighted by atomic mass is 10.2. The maximum absolute atomic E-state index is 5.40. The van der Waals surface area contributed by atoms with E-state index in [-0.39, 0.29) is 24.0 Å². The fraction of sp³-hybridized carbons (Fsp3) is 0.250. The fourth-order valence-corrected chi connectivity index (χ4v) is 2.64. The normalized spacial score (nSPS) is 10.9. The van der Waals surface area contributed by atoms with Crippen molar-refractivity contribution in [2.45, 2.75) is 20.0 Å². The molecule has 0 saturated heterocycles. The van der Waals surface area contributed by atoms with Crippen LogP contribution in [-0.4, -0.2) is 34.4 Å². The summed E-state index contributed by atoms with van der Waals surface area (Å²) in [4.78, 5) is 8.63. The second kappa shape index (κ2) is 11.3. The van der Waals surface area contributed by atoms with Crippen LogP contribution in [0.3, 0.4) is 0 Å². The first kappa shape index (κ1) is 21.7. The van der Waals surface area contributed by atoms with Gasteiger partial charge in [-0.3, -0.25) is 0 Å². The average Bonchev–Trinajstić information content (AvgIpc) is 3.25. The first-order chi connectivity index (χ1) is 13.3. The maximum atomic E-state index is 5.40. The van der Waals surface area contributed by atoms with Crippen LogP contribution in [0.15, 0.2) is 66.2 Å². The van der Waals surface area contributed by atoms with Gasteiger partial charge in [0, 0.05) is 18.7 Å². The van der Waals surface area contributed by atoms with Gasteiger partial charge in [0.1, 0.15) is 18.4 Å². The SMILES string of the molecule is CCNC(=NCc1ccc(-n2cncn2)cc1)NCc1ccccc1OC.I. The van der Waals surface area contributed by atoms with Crippen LogP contribution in [-0.2, 0) is 13.1 Å². The summed E-state index contributed by atoms with van der Waals surface area (Å²) in [5.41, 5.74) is 3.18. The number of nitrogens with zero attached hydrogens (tertiary/aromatic N) is 4. The van der Waals surface area contributed by atoms with Crippen molar-refractivity contribution in [2.24, 2.45) is 4.99 Å². The van der Waals surface area contributed by atoms with E-state index in [0.717, 1.165) is 35.1 Å². The molecular weight excluding hydrogens is 467 g/mol. The summed E-state index contributed by atoms with van der Waals surface area (Å²) in [5, 5.41) is 10.8. The molecule has 0 aliphatic rings. The van der Waals surface area contributed by atoms with E-state index >= 15 is 0 Å². The van der Waals surface area contributed by atoms with E-state index in [9.17, 15) is 0 Å². The Kier molecular flexibility index (Phi) is 8.73. The molecule has 2 N–H and O–H groups in total. The van der Waals surface area contributed by atoms with Crippen LogP contribution in [0.2, 0.25) is 0 Å². The summed E-state index contributed by atoms with van der Waals surface area (Å²) >= 11 is 0. The van der Waals surface area contributed by atoms with Gasteiger partial charge in [-0.05, 0) is 30.7 Å². The molecule has 3 aromatic rings. The van der Waals surface area contributed by atoms with E-state index in [2.05, 4.69) is 25.7 Å². The summed E-state index contributed by atoms with van der Waals surface area (Å²) < 4.78 is 7.12. The number of para-hydroxylation sites is 1. The molecular formula is C20H25IN6O. The van der Waals surface area contributed by atoms with Crippen molar-refractivity contribution in [3.8, 4) is 11.4 Å². The number of rotatable bonds is 7. The summed E-state index contributed by atoms with van der Waals surface area (Å²) in [6.07, 6.45) is 3.20. The molecule has 0 aliphatic heterocycles. The molecule has 148 valence electrons. The number of ether oxygens (including phenoxy) is 1. The average molecular weight is 492 g/mol. The van der Waals surface area contributed by atoms with E-state index in [1.165, 1.54) is 6.33 Å². The smallest absolute Gasteiger partial charge is 0.191 e. The fourth-order valence-electron chi connectivity index (χ4n) is 2.64. The lowest BCUT2D eigenvalue weighted by Gasteiger charge is -2.13. The second-order valence-electron chi connectivity index (χ2n) is 5.87. The highest BCUT2D eigenvalue weighted by Crippen LogP contribution is 2.16. The van der Waals surface area contributed by atoms with Crippen LogP contribution in [0.5, 0.6) is 5.75 Å². The quantitative estimate of drug-likeness (QED) is 0.301. The number of benzene rings is 2. The molecule has 0 radical (unpaired) electrons. The molecule has 3 rings (SSSR count). The minimum absolute atomic E-state index is 0. The van der Waals surface area contributed by atoms with Gasteiger partial charge in [0.25, 0.3) is 0 Å². The topological polar surface area (TPSA) is 76.4 Å². The molecule has 1 aromatic heterocycles. The van der Waals surface area contributed by atoms with Crippen LogP contribution in [0.25, 0.3) is 5.69 Å². The molecule has 8 heteroatoms. The molecule has 28 heavy (non-hydrogen) atoms. The molecule has 0 unspecified atom stereocenters. The standard InChI is InChI=1S/C20H24N6O.HI/c1-3-22-20(24-13-17-6-4-5-7-19(17)27-2)23-12-16-8-10-18(11-9-16)26-15-21-14-25-26;/h4-11,14-15H,3,12-13H2,1-2H3,(H2,22,23,24);1H. The highest BCUT2D eigenvalue weighted by Gasteiger charge is 2.04. The number of methoxy groups -OCH3 is 1. The zero-order valence-electron chi connectivity index (χ0n) is 16.0. The number of aliphatic imine (C=N–C) groups is 1. The van der Waals surface area contributed by atoms with Gasteiger partial charge in [0.05, 0.1) is 19.3 Å². The molecule has 1 heterocycles. The number of aromatic nitrogens is 3. The third kappa shape index (κ3) is 5.95. The third-order valence-electron chi connectivity index (χ3n) is 4.02. The third-order valence-corrected chi connectivity index (χ3v) is 4.02. The Morgan fingerprint density at radius 3 is 2.57 bits per heavy atom. The Bertz CT molecular complexity index is 865. The van der Waals surface area contributed by atoms with Crippen molar-refractivity contribution in [3.05, 3.63) is 72.3 Å². The summed E-state index contributed by atoms with van der Waals surface area (Å²) in [5.74, 6) is 1.63. The molecule has 0 atom stereocenters. The Labute approximate surface area is 182 Å².